The van der Waals surface area contributed by atoms with Gasteiger partial charge in [-0.05, 0) is 63.4 Å². The van der Waals surface area contributed by atoms with Crippen LogP contribution in [0.3, 0.4) is 0 Å². The number of nitrogens with one attached hydrogen (secondary N) is 1. The number of anilines is 2. The Morgan fingerprint density at radius 3 is 2.45 bits per heavy atom. The number of aromatic nitrogens is 3. The van der Waals surface area contributed by atoms with Crippen molar-refractivity contribution in [1.82, 2.24) is 14.5 Å². The topological polar surface area (TPSA) is 147 Å². The minimum atomic E-state index is -0.544. The number of rotatable bonds is 6. The summed E-state index contributed by atoms with van der Waals surface area (Å²) in [7, 11) is 1.73. The van der Waals surface area contributed by atoms with Crippen LogP contribution >= 0.6 is 11.6 Å². The SMILES string of the molecule is CC(C)(C)OC(=O)Nc1cc(Cl)ccn1.CC(C)C[C@H](N)COc1ccc2c3ccnc(N)c3c(=O)n(C)c2c1. The lowest BCUT2D eigenvalue weighted by molar-refractivity contribution is 0.0635. The quantitative estimate of drug-likeness (QED) is 0.258. The molecule has 4 aromatic rings. The summed E-state index contributed by atoms with van der Waals surface area (Å²) in [6.45, 7) is 10.1. The number of amides is 1. The van der Waals surface area contributed by atoms with Gasteiger partial charge in [-0.3, -0.25) is 10.1 Å². The molecule has 11 heteroatoms. The van der Waals surface area contributed by atoms with Gasteiger partial charge in [0.2, 0.25) is 0 Å². The highest BCUT2D eigenvalue weighted by atomic mass is 35.5. The second-order valence-corrected chi connectivity index (χ2v) is 11.3. The van der Waals surface area contributed by atoms with Gasteiger partial charge in [0.25, 0.3) is 5.56 Å². The zero-order chi connectivity index (χ0) is 29.6. The molecule has 0 fully saturated rings. The van der Waals surface area contributed by atoms with Gasteiger partial charge in [0, 0.05) is 47.3 Å². The molecule has 1 atom stereocenters. The first-order chi connectivity index (χ1) is 18.7. The molecule has 3 heterocycles. The monoisotopic (exact) mass is 568 g/mol. The molecule has 0 aliphatic heterocycles. The van der Waals surface area contributed by atoms with Crippen LogP contribution in [0.1, 0.15) is 41.0 Å². The Bertz CT molecular complexity index is 1550. The summed E-state index contributed by atoms with van der Waals surface area (Å²) in [6, 6.07) is 10.7. The van der Waals surface area contributed by atoms with Crippen molar-refractivity contribution >= 4 is 51.0 Å². The van der Waals surface area contributed by atoms with Crippen LogP contribution in [0.25, 0.3) is 21.7 Å². The fraction of sp³-hybridized carbons (Fsp3) is 0.379. The van der Waals surface area contributed by atoms with Gasteiger partial charge in [-0.15, -0.1) is 0 Å². The van der Waals surface area contributed by atoms with E-state index in [2.05, 4.69) is 29.1 Å². The van der Waals surface area contributed by atoms with E-state index in [0.717, 1.165) is 22.7 Å². The number of nitrogen functional groups attached to an aromatic ring is 1. The minimum Gasteiger partial charge on any atom is -0.492 e. The molecule has 1 amide bonds. The fourth-order valence-electron chi connectivity index (χ4n) is 4.07. The van der Waals surface area contributed by atoms with Crippen LogP contribution in [0.4, 0.5) is 16.4 Å². The second-order valence-electron chi connectivity index (χ2n) is 10.8. The van der Waals surface area contributed by atoms with Crippen molar-refractivity contribution in [1.29, 1.82) is 0 Å². The summed E-state index contributed by atoms with van der Waals surface area (Å²) in [5, 5.41) is 5.18. The largest absolute Gasteiger partial charge is 0.492 e. The number of hydrogen-bond donors (Lipinski definition) is 3. The Morgan fingerprint density at radius 1 is 1.10 bits per heavy atom. The van der Waals surface area contributed by atoms with E-state index in [1.807, 2.05) is 24.3 Å². The summed E-state index contributed by atoms with van der Waals surface area (Å²) in [5.74, 6) is 1.85. The second kappa shape index (κ2) is 13.0. The maximum Gasteiger partial charge on any atom is 0.413 e. The van der Waals surface area contributed by atoms with Gasteiger partial charge in [-0.1, -0.05) is 25.4 Å². The van der Waals surface area contributed by atoms with Gasteiger partial charge in [0.1, 0.15) is 29.6 Å². The molecule has 5 N–H and O–H groups in total. The molecular formula is C29H37ClN6O4. The fourth-order valence-corrected chi connectivity index (χ4v) is 4.23. The maximum absolute atomic E-state index is 12.6. The molecule has 214 valence electrons. The standard InChI is InChI=1S/C19H24N4O2.C10H13ClN2O2/c1-11(2)8-12(20)10-25-13-4-5-14-15-6-7-22-18(21)17(15)19(24)23(3)16(14)9-13;1-10(2,3)15-9(14)13-8-6-7(11)4-5-12-8/h4-7,9,11-12H,8,10,20H2,1-3H3,(H2,21,22);4-6H,1-3H3,(H,12,13,14)/t12-;/m0./s1. The molecule has 0 radical (unpaired) electrons. The number of fused-ring (bicyclic) bond motifs is 3. The Labute approximate surface area is 238 Å². The Morgan fingerprint density at radius 2 is 1.80 bits per heavy atom. The number of halogens is 1. The van der Waals surface area contributed by atoms with Gasteiger partial charge in [-0.2, -0.15) is 0 Å². The van der Waals surface area contributed by atoms with E-state index in [4.69, 9.17) is 32.5 Å². The third-order valence-corrected chi connectivity index (χ3v) is 5.94. The molecule has 0 spiro atoms. The van der Waals surface area contributed by atoms with Crippen molar-refractivity contribution in [3.05, 3.63) is 64.2 Å². The van der Waals surface area contributed by atoms with Crippen LogP contribution < -0.4 is 27.1 Å². The number of ether oxygens (including phenoxy) is 2. The maximum atomic E-state index is 12.6. The Kier molecular flexibility index (Phi) is 9.94. The number of nitrogens with two attached hydrogens (primary N) is 2. The van der Waals surface area contributed by atoms with Crippen LogP contribution in [-0.4, -0.2) is 38.9 Å². The summed E-state index contributed by atoms with van der Waals surface area (Å²) in [4.78, 5) is 31.9. The van der Waals surface area contributed by atoms with Gasteiger partial charge >= 0.3 is 6.09 Å². The average molecular weight is 569 g/mol. The van der Waals surface area contributed by atoms with Gasteiger partial charge < -0.3 is 25.5 Å². The number of aryl methyl sites for hydroxylation is 1. The zero-order valence-electron chi connectivity index (χ0n) is 23.7. The summed E-state index contributed by atoms with van der Waals surface area (Å²) in [6.07, 6.45) is 3.49. The summed E-state index contributed by atoms with van der Waals surface area (Å²) in [5.41, 5.74) is 12.1. The first-order valence-corrected chi connectivity index (χ1v) is 13.3. The van der Waals surface area contributed by atoms with Gasteiger partial charge in [-0.25, -0.2) is 14.8 Å². The lowest BCUT2D eigenvalue weighted by Gasteiger charge is -2.19. The van der Waals surface area contributed by atoms with E-state index in [0.29, 0.717) is 34.5 Å². The van der Waals surface area contributed by atoms with Crippen molar-refractivity contribution in [3.63, 3.8) is 0 Å². The predicted molar refractivity (Wildman–Crippen MR) is 161 cm³/mol. The normalized spacial score (nSPS) is 12.1. The van der Waals surface area contributed by atoms with Crippen molar-refractivity contribution < 1.29 is 14.3 Å². The Hall–Kier alpha value is -3.89. The molecule has 1 aromatic carbocycles. The molecule has 4 rings (SSSR count). The molecule has 0 saturated heterocycles. The van der Waals surface area contributed by atoms with Crippen LogP contribution in [0.2, 0.25) is 5.02 Å². The molecule has 0 aliphatic carbocycles. The van der Waals surface area contributed by atoms with E-state index < -0.39 is 11.7 Å². The molecule has 0 saturated carbocycles. The lowest BCUT2D eigenvalue weighted by Crippen LogP contribution is -2.29. The predicted octanol–water partition coefficient (Wildman–Crippen LogP) is 5.50. The summed E-state index contributed by atoms with van der Waals surface area (Å²) < 4.78 is 12.5. The van der Waals surface area contributed by atoms with E-state index in [1.165, 1.54) is 6.20 Å². The minimum absolute atomic E-state index is 0.0120. The van der Waals surface area contributed by atoms with E-state index in [9.17, 15) is 9.59 Å². The number of nitrogens with zero attached hydrogens (tertiary/aromatic N) is 3. The molecule has 3 aromatic heterocycles. The average Bonchev–Trinajstić information content (AvgIpc) is 2.84. The third kappa shape index (κ3) is 8.30. The number of pyridine rings is 3. The zero-order valence-corrected chi connectivity index (χ0v) is 24.5. The number of hydrogen-bond acceptors (Lipinski definition) is 8. The van der Waals surface area contributed by atoms with E-state index in [1.54, 1.807) is 50.7 Å². The molecule has 0 aliphatic rings. The number of benzene rings is 1. The van der Waals surface area contributed by atoms with Crippen molar-refractivity contribution in [2.75, 3.05) is 17.7 Å². The van der Waals surface area contributed by atoms with E-state index in [-0.39, 0.29) is 17.4 Å². The highest BCUT2D eigenvalue weighted by molar-refractivity contribution is 6.30. The van der Waals surface area contributed by atoms with Crippen LogP contribution in [0.15, 0.2) is 53.6 Å². The number of carbonyl (C=O) groups excluding carboxylic acids is 1. The van der Waals surface area contributed by atoms with Crippen molar-refractivity contribution in [2.24, 2.45) is 18.7 Å². The highest BCUT2D eigenvalue weighted by Gasteiger charge is 2.16. The highest BCUT2D eigenvalue weighted by Crippen LogP contribution is 2.27. The van der Waals surface area contributed by atoms with E-state index >= 15 is 0 Å². The first-order valence-electron chi connectivity index (χ1n) is 12.9. The van der Waals surface area contributed by atoms with Crippen LogP contribution in [0, 0.1) is 5.92 Å². The summed E-state index contributed by atoms with van der Waals surface area (Å²) >= 11 is 5.73. The Balaban J connectivity index is 0.000000252. The van der Waals surface area contributed by atoms with Crippen molar-refractivity contribution in [2.45, 2.75) is 52.7 Å². The third-order valence-electron chi connectivity index (χ3n) is 5.71. The van der Waals surface area contributed by atoms with Crippen molar-refractivity contribution in [3.8, 4) is 5.75 Å². The molecule has 40 heavy (non-hydrogen) atoms. The molecule has 0 bridgehead atoms. The smallest absolute Gasteiger partial charge is 0.413 e. The van der Waals surface area contributed by atoms with Gasteiger partial charge in [0.05, 0.1) is 10.9 Å². The van der Waals surface area contributed by atoms with Crippen LogP contribution in [0.5, 0.6) is 5.75 Å². The number of carbonyl (C=O) groups is 1. The van der Waals surface area contributed by atoms with Crippen LogP contribution in [-0.2, 0) is 11.8 Å². The molecular weight excluding hydrogens is 532 g/mol. The first kappa shape index (κ1) is 30.6. The lowest BCUT2D eigenvalue weighted by atomic mass is 10.1. The van der Waals surface area contributed by atoms with Gasteiger partial charge in [0.15, 0.2) is 0 Å². The molecule has 10 nitrogen and oxygen atoms in total. The molecule has 0 unspecified atom stereocenters.